The summed E-state index contributed by atoms with van der Waals surface area (Å²) in [7, 11) is -3.53. The Morgan fingerprint density at radius 1 is 1.21 bits per heavy atom. The standard InChI is InChI=1S/C24H35ClN4O2S2/c1-2-13-29(20-10-11-22-23(16-20)32-24(26)27-22)14-12-17-6-8-19(9-7-17)28-33(30,31)21-5-3-4-18(25)15-21/h3-5,15,17,19-20,28H,2,6-14,16H2,1H3,(H2,26,27)/t17?,19?,20-/m1/s1. The third-order valence-corrected chi connectivity index (χ3v) is 9.76. The molecule has 0 spiro atoms. The summed E-state index contributed by atoms with van der Waals surface area (Å²) in [6, 6.07) is 7.05. The van der Waals surface area contributed by atoms with Crippen LogP contribution in [0.15, 0.2) is 29.2 Å². The van der Waals surface area contributed by atoms with Crippen molar-refractivity contribution >= 4 is 38.1 Å². The quantitative estimate of drug-likeness (QED) is 0.502. The van der Waals surface area contributed by atoms with Gasteiger partial charge in [-0.05, 0) is 95.0 Å². The highest BCUT2D eigenvalue weighted by Crippen LogP contribution is 2.32. The molecule has 0 saturated heterocycles. The molecule has 182 valence electrons. The molecule has 4 rings (SSSR count). The fourth-order valence-corrected chi connectivity index (χ4v) is 7.85. The first-order valence-electron chi connectivity index (χ1n) is 12.1. The van der Waals surface area contributed by atoms with Crippen LogP contribution < -0.4 is 10.5 Å². The Balaban J connectivity index is 1.26. The lowest BCUT2D eigenvalue weighted by atomic mass is 9.84. The minimum atomic E-state index is -3.53. The van der Waals surface area contributed by atoms with E-state index < -0.39 is 10.0 Å². The maximum absolute atomic E-state index is 12.7. The number of nitrogens with two attached hydrogens (primary N) is 1. The van der Waals surface area contributed by atoms with Crippen LogP contribution in [0.2, 0.25) is 5.02 Å². The van der Waals surface area contributed by atoms with E-state index in [2.05, 4.69) is 21.5 Å². The number of hydrogen-bond acceptors (Lipinski definition) is 6. The van der Waals surface area contributed by atoms with Gasteiger partial charge in [0.2, 0.25) is 10.0 Å². The van der Waals surface area contributed by atoms with Crippen LogP contribution in [-0.4, -0.2) is 43.5 Å². The van der Waals surface area contributed by atoms with Gasteiger partial charge in [0.25, 0.3) is 0 Å². The molecule has 1 aromatic carbocycles. The molecular weight excluding hydrogens is 476 g/mol. The van der Waals surface area contributed by atoms with Crippen molar-refractivity contribution in [3.8, 4) is 0 Å². The zero-order valence-electron chi connectivity index (χ0n) is 19.3. The molecule has 3 N–H and O–H groups in total. The molecule has 9 heteroatoms. The summed E-state index contributed by atoms with van der Waals surface area (Å²) in [6.45, 7) is 4.50. The Bertz CT molecular complexity index is 1030. The fraction of sp³-hybridized carbons (Fsp3) is 0.625. The summed E-state index contributed by atoms with van der Waals surface area (Å²) in [5.41, 5.74) is 7.14. The average molecular weight is 511 g/mol. The largest absolute Gasteiger partial charge is 0.375 e. The summed E-state index contributed by atoms with van der Waals surface area (Å²) in [5.74, 6) is 0.662. The Morgan fingerprint density at radius 2 is 2.00 bits per heavy atom. The van der Waals surface area contributed by atoms with Crippen molar-refractivity contribution in [3.63, 3.8) is 0 Å². The topological polar surface area (TPSA) is 88.3 Å². The molecule has 2 aliphatic rings. The molecule has 6 nitrogen and oxygen atoms in total. The number of hydrogen-bond donors (Lipinski definition) is 2. The van der Waals surface area contributed by atoms with Crippen molar-refractivity contribution in [2.24, 2.45) is 5.92 Å². The molecule has 1 fully saturated rings. The first-order valence-corrected chi connectivity index (χ1v) is 14.8. The molecule has 0 unspecified atom stereocenters. The highest BCUT2D eigenvalue weighted by molar-refractivity contribution is 7.89. The van der Waals surface area contributed by atoms with Gasteiger partial charge >= 0.3 is 0 Å². The smallest absolute Gasteiger partial charge is 0.240 e. The second-order valence-corrected chi connectivity index (χ2v) is 12.7. The maximum atomic E-state index is 12.7. The van der Waals surface area contributed by atoms with Crippen LogP contribution in [0.4, 0.5) is 5.13 Å². The van der Waals surface area contributed by atoms with E-state index in [0.717, 1.165) is 64.5 Å². The first-order chi connectivity index (χ1) is 15.8. The number of aryl methyl sites for hydroxylation is 1. The van der Waals surface area contributed by atoms with Crippen molar-refractivity contribution in [2.45, 2.75) is 81.7 Å². The second kappa shape index (κ2) is 11.0. The van der Waals surface area contributed by atoms with Crippen molar-refractivity contribution < 1.29 is 8.42 Å². The molecule has 2 aliphatic carbocycles. The van der Waals surface area contributed by atoms with E-state index >= 15 is 0 Å². The highest BCUT2D eigenvalue weighted by Gasteiger charge is 2.29. The van der Waals surface area contributed by atoms with Gasteiger partial charge in [0, 0.05) is 22.0 Å². The molecule has 1 heterocycles. The van der Waals surface area contributed by atoms with Crippen LogP contribution in [0.3, 0.4) is 0 Å². The number of benzene rings is 1. The van der Waals surface area contributed by atoms with Crippen LogP contribution in [0.25, 0.3) is 0 Å². The van der Waals surface area contributed by atoms with Gasteiger partial charge in [0.05, 0.1) is 10.6 Å². The van der Waals surface area contributed by atoms with E-state index in [1.165, 1.54) is 23.1 Å². The molecule has 1 atom stereocenters. The SMILES string of the molecule is CCCN(CCC1CCC(NS(=O)(=O)c2cccc(Cl)c2)CC1)[C@@H]1CCc2nc(N)sc2C1. The van der Waals surface area contributed by atoms with E-state index in [0.29, 0.717) is 22.1 Å². The van der Waals surface area contributed by atoms with Crippen LogP contribution >= 0.6 is 22.9 Å². The lowest BCUT2D eigenvalue weighted by molar-refractivity contribution is 0.158. The van der Waals surface area contributed by atoms with Crippen LogP contribution in [0.5, 0.6) is 0 Å². The molecular formula is C24H35ClN4O2S2. The normalized spacial score (nSPS) is 23.5. The van der Waals surface area contributed by atoms with Crippen LogP contribution in [0, 0.1) is 5.92 Å². The number of sulfonamides is 1. The Kier molecular flexibility index (Phi) is 8.33. The maximum Gasteiger partial charge on any atom is 0.240 e. The second-order valence-electron chi connectivity index (χ2n) is 9.44. The summed E-state index contributed by atoms with van der Waals surface area (Å²) < 4.78 is 28.3. The molecule has 33 heavy (non-hydrogen) atoms. The molecule has 0 radical (unpaired) electrons. The number of halogens is 1. The monoisotopic (exact) mass is 510 g/mol. The Morgan fingerprint density at radius 3 is 2.73 bits per heavy atom. The highest BCUT2D eigenvalue weighted by atomic mass is 35.5. The van der Waals surface area contributed by atoms with E-state index in [9.17, 15) is 8.42 Å². The van der Waals surface area contributed by atoms with Gasteiger partial charge < -0.3 is 10.6 Å². The number of nitrogens with one attached hydrogen (secondary N) is 1. The molecule has 0 bridgehead atoms. The zero-order valence-corrected chi connectivity index (χ0v) is 21.7. The van der Waals surface area contributed by atoms with Crippen LogP contribution in [-0.2, 0) is 22.9 Å². The predicted octanol–water partition coefficient (Wildman–Crippen LogP) is 4.88. The number of rotatable bonds is 9. The fourth-order valence-electron chi connectivity index (χ4n) is 5.29. The molecule has 2 aromatic rings. The molecule has 1 aromatic heterocycles. The molecule has 0 amide bonds. The Labute approximate surface area is 207 Å². The number of aromatic nitrogens is 1. The summed E-state index contributed by atoms with van der Waals surface area (Å²) >= 11 is 7.63. The minimum absolute atomic E-state index is 0.00512. The zero-order chi connectivity index (χ0) is 23.4. The number of anilines is 1. The predicted molar refractivity (Wildman–Crippen MR) is 136 cm³/mol. The summed E-state index contributed by atoms with van der Waals surface area (Å²) in [4.78, 5) is 8.78. The van der Waals surface area contributed by atoms with Crippen molar-refractivity contribution in [1.29, 1.82) is 0 Å². The third-order valence-electron chi connectivity index (χ3n) is 7.06. The van der Waals surface area contributed by atoms with Gasteiger partial charge in [-0.15, -0.1) is 11.3 Å². The first kappa shape index (κ1) is 24.9. The van der Waals surface area contributed by atoms with Gasteiger partial charge in [-0.2, -0.15) is 0 Å². The van der Waals surface area contributed by atoms with Gasteiger partial charge in [-0.3, -0.25) is 0 Å². The number of thiazole rings is 1. The molecule has 0 aliphatic heterocycles. The van der Waals surface area contributed by atoms with Crippen LogP contribution in [0.1, 0.15) is 62.4 Å². The van der Waals surface area contributed by atoms with E-state index in [1.807, 2.05) is 0 Å². The summed E-state index contributed by atoms with van der Waals surface area (Å²) in [6.07, 6.45) is 9.54. The van der Waals surface area contributed by atoms with Gasteiger partial charge in [-0.1, -0.05) is 24.6 Å². The number of nitrogens with zero attached hydrogens (tertiary/aromatic N) is 2. The lowest BCUT2D eigenvalue weighted by Gasteiger charge is -2.36. The number of nitrogen functional groups attached to an aromatic ring is 1. The third kappa shape index (κ3) is 6.48. The van der Waals surface area contributed by atoms with Crippen molar-refractivity contribution in [3.05, 3.63) is 39.9 Å². The number of fused-ring (bicyclic) bond motifs is 1. The van der Waals surface area contributed by atoms with Crippen molar-refractivity contribution in [1.82, 2.24) is 14.6 Å². The van der Waals surface area contributed by atoms with Crippen molar-refractivity contribution in [2.75, 3.05) is 18.8 Å². The average Bonchev–Trinajstić information content (AvgIpc) is 3.16. The van der Waals surface area contributed by atoms with E-state index in [-0.39, 0.29) is 10.9 Å². The van der Waals surface area contributed by atoms with E-state index in [4.69, 9.17) is 17.3 Å². The summed E-state index contributed by atoms with van der Waals surface area (Å²) in [5, 5.41) is 1.14. The lowest BCUT2D eigenvalue weighted by Crippen LogP contribution is -2.41. The van der Waals surface area contributed by atoms with Gasteiger partial charge in [-0.25, -0.2) is 18.1 Å². The minimum Gasteiger partial charge on any atom is -0.375 e. The Hall–Kier alpha value is -1.19. The van der Waals surface area contributed by atoms with Gasteiger partial charge in [0.15, 0.2) is 5.13 Å². The molecule has 1 saturated carbocycles. The van der Waals surface area contributed by atoms with Gasteiger partial charge in [0.1, 0.15) is 0 Å². The van der Waals surface area contributed by atoms with E-state index in [1.54, 1.807) is 29.5 Å².